The number of aromatic hydroxyl groups is 1. The van der Waals surface area contributed by atoms with E-state index < -0.39 is 0 Å². The molecule has 0 bridgehead atoms. The number of carbonyl (C=O) groups is 1. The average molecular weight is 412 g/mol. The van der Waals surface area contributed by atoms with Gasteiger partial charge in [-0.2, -0.15) is 0 Å². The molecular formula is C24H30FN3O2. The van der Waals surface area contributed by atoms with E-state index in [9.17, 15) is 14.3 Å². The standard InChI is InChI=1S/C24H30FN3O2/c1-17(15-26-2)16-27(3)24(30)28-11-10-19(18-6-4-8-21(25)12-18)14-23(28)20-7-5-9-22(29)13-20/h4-9,12-14,17,23,26,29H,10-11,15-16H2,1-3H3. The highest BCUT2D eigenvalue weighted by atomic mass is 19.1. The predicted octanol–water partition coefficient (Wildman–Crippen LogP) is 4.27. The molecule has 0 saturated carbocycles. The van der Waals surface area contributed by atoms with Crippen LogP contribution in [0.25, 0.3) is 5.57 Å². The van der Waals surface area contributed by atoms with E-state index in [1.807, 2.05) is 37.2 Å². The van der Waals surface area contributed by atoms with Gasteiger partial charge in [0.2, 0.25) is 0 Å². The first-order valence-corrected chi connectivity index (χ1v) is 10.3. The molecule has 2 atom stereocenters. The zero-order valence-corrected chi connectivity index (χ0v) is 17.8. The summed E-state index contributed by atoms with van der Waals surface area (Å²) in [5, 5.41) is 13.1. The fourth-order valence-electron chi connectivity index (χ4n) is 4.05. The van der Waals surface area contributed by atoms with Crippen molar-refractivity contribution >= 4 is 11.6 Å². The molecular weight excluding hydrogens is 381 g/mol. The summed E-state index contributed by atoms with van der Waals surface area (Å²) >= 11 is 0. The van der Waals surface area contributed by atoms with Gasteiger partial charge in [-0.3, -0.25) is 0 Å². The number of rotatable bonds is 6. The van der Waals surface area contributed by atoms with Crippen LogP contribution in [-0.2, 0) is 0 Å². The van der Waals surface area contributed by atoms with Gasteiger partial charge in [-0.1, -0.05) is 37.3 Å². The number of benzene rings is 2. The van der Waals surface area contributed by atoms with Crippen molar-refractivity contribution < 1.29 is 14.3 Å². The third-order valence-corrected chi connectivity index (χ3v) is 5.43. The smallest absolute Gasteiger partial charge is 0.320 e. The fourth-order valence-corrected chi connectivity index (χ4v) is 4.05. The van der Waals surface area contributed by atoms with Crippen LogP contribution in [-0.4, -0.2) is 54.7 Å². The number of hydrogen-bond acceptors (Lipinski definition) is 3. The Morgan fingerprint density at radius 3 is 2.77 bits per heavy atom. The molecule has 2 N–H and O–H groups in total. The number of urea groups is 1. The third-order valence-electron chi connectivity index (χ3n) is 5.43. The van der Waals surface area contributed by atoms with Gasteiger partial charge < -0.3 is 20.2 Å². The van der Waals surface area contributed by atoms with Crippen LogP contribution in [0.2, 0.25) is 0 Å². The Morgan fingerprint density at radius 1 is 1.30 bits per heavy atom. The molecule has 160 valence electrons. The summed E-state index contributed by atoms with van der Waals surface area (Å²) in [5.74, 6) is 0.201. The van der Waals surface area contributed by atoms with Crippen molar-refractivity contribution in [2.24, 2.45) is 5.92 Å². The first kappa shape index (κ1) is 21.8. The van der Waals surface area contributed by atoms with Gasteiger partial charge in [0.1, 0.15) is 11.6 Å². The van der Waals surface area contributed by atoms with E-state index in [-0.39, 0.29) is 23.6 Å². The topological polar surface area (TPSA) is 55.8 Å². The zero-order valence-electron chi connectivity index (χ0n) is 17.8. The van der Waals surface area contributed by atoms with E-state index in [4.69, 9.17) is 0 Å². The Kier molecular flexibility index (Phi) is 7.11. The molecule has 1 heterocycles. The van der Waals surface area contributed by atoms with Crippen LogP contribution in [0.4, 0.5) is 9.18 Å². The lowest BCUT2D eigenvalue weighted by atomic mass is 9.92. The number of hydrogen-bond donors (Lipinski definition) is 2. The molecule has 30 heavy (non-hydrogen) atoms. The van der Waals surface area contributed by atoms with Crippen molar-refractivity contribution in [1.82, 2.24) is 15.1 Å². The van der Waals surface area contributed by atoms with Gasteiger partial charge in [-0.15, -0.1) is 0 Å². The minimum absolute atomic E-state index is 0.0548. The van der Waals surface area contributed by atoms with Gasteiger partial charge in [-0.05, 0) is 66.9 Å². The lowest BCUT2D eigenvalue weighted by Gasteiger charge is -2.38. The molecule has 0 fully saturated rings. The highest BCUT2D eigenvalue weighted by molar-refractivity contribution is 5.78. The Bertz CT molecular complexity index is 915. The molecule has 2 unspecified atom stereocenters. The number of carbonyl (C=O) groups excluding carboxylic acids is 1. The normalized spacial score (nSPS) is 17.4. The van der Waals surface area contributed by atoms with Crippen molar-refractivity contribution in [3.63, 3.8) is 0 Å². The molecule has 1 aliphatic rings. The van der Waals surface area contributed by atoms with Crippen molar-refractivity contribution in [1.29, 1.82) is 0 Å². The van der Waals surface area contributed by atoms with Crippen LogP contribution >= 0.6 is 0 Å². The first-order valence-electron chi connectivity index (χ1n) is 10.3. The Labute approximate surface area is 177 Å². The molecule has 1 aliphatic heterocycles. The number of phenolic OH excluding ortho intramolecular Hbond substituents is 1. The molecule has 6 heteroatoms. The average Bonchev–Trinajstić information content (AvgIpc) is 2.73. The maximum absolute atomic E-state index is 13.8. The third kappa shape index (κ3) is 5.19. The van der Waals surface area contributed by atoms with Crippen molar-refractivity contribution in [3.05, 3.63) is 71.6 Å². The van der Waals surface area contributed by atoms with E-state index in [1.54, 1.807) is 29.2 Å². The highest BCUT2D eigenvalue weighted by Gasteiger charge is 2.30. The predicted molar refractivity (Wildman–Crippen MR) is 118 cm³/mol. The van der Waals surface area contributed by atoms with Gasteiger partial charge in [-0.25, -0.2) is 9.18 Å². The summed E-state index contributed by atoms with van der Waals surface area (Å²) in [4.78, 5) is 16.9. The molecule has 5 nitrogen and oxygen atoms in total. The molecule has 3 rings (SSSR count). The maximum Gasteiger partial charge on any atom is 0.320 e. The SMILES string of the molecule is CNCC(C)CN(C)C(=O)N1CCC(c2cccc(F)c2)=CC1c1cccc(O)c1. The quantitative estimate of drug-likeness (QED) is 0.746. The van der Waals surface area contributed by atoms with E-state index in [0.717, 1.165) is 23.2 Å². The van der Waals surface area contributed by atoms with Crippen LogP contribution in [0.5, 0.6) is 5.75 Å². The van der Waals surface area contributed by atoms with Crippen molar-refractivity contribution in [3.8, 4) is 5.75 Å². The number of amides is 2. The van der Waals surface area contributed by atoms with Crippen molar-refractivity contribution in [2.75, 3.05) is 33.7 Å². The Balaban J connectivity index is 1.92. The molecule has 2 aromatic rings. The van der Waals surface area contributed by atoms with Gasteiger partial charge in [0.15, 0.2) is 0 Å². The van der Waals surface area contributed by atoms with Crippen LogP contribution < -0.4 is 5.32 Å². The molecule has 0 radical (unpaired) electrons. The summed E-state index contributed by atoms with van der Waals surface area (Å²) < 4.78 is 13.8. The van der Waals surface area contributed by atoms with Crippen LogP contribution in [0.1, 0.15) is 30.5 Å². The lowest BCUT2D eigenvalue weighted by Crippen LogP contribution is -2.46. The summed E-state index contributed by atoms with van der Waals surface area (Å²) in [7, 11) is 3.72. The zero-order chi connectivity index (χ0) is 21.7. The molecule has 2 aromatic carbocycles. The minimum Gasteiger partial charge on any atom is -0.508 e. The largest absolute Gasteiger partial charge is 0.508 e. The second kappa shape index (κ2) is 9.76. The van der Waals surface area contributed by atoms with Gasteiger partial charge >= 0.3 is 6.03 Å². The summed E-state index contributed by atoms with van der Waals surface area (Å²) in [5.41, 5.74) is 2.65. The van der Waals surface area contributed by atoms with E-state index in [1.165, 1.54) is 12.1 Å². The summed E-state index contributed by atoms with van der Waals surface area (Å²) in [6.07, 6.45) is 2.65. The highest BCUT2D eigenvalue weighted by Crippen LogP contribution is 2.35. The van der Waals surface area contributed by atoms with Gasteiger partial charge in [0.25, 0.3) is 0 Å². The van der Waals surface area contributed by atoms with E-state index >= 15 is 0 Å². The molecule has 0 aromatic heterocycles. The molecule has 0 spiro atoms. The fraction of sp³-hybridized carbons (Fsp3) is 0.375. The second-order valence-electron chi connectivity index (χ2n) is 8.01. The summed E-state index contributed by atoms with van der Waals surface area (Å²) in [6, 6.07) is 13.1. The van der Waals surface area contributed by atoms with Crippen LogP contribution in [0.3, 0.4) is 0 Å². The monoisotopic (exact) mass is 411 g/mol. The minimum atomic E-state index is -0.335. The van der Waals surface area contributed by atoms with Crippen LogP contribution in [0.15, 0.2) is 54.6 Å². The second-order valence-corrected chi connectivity index (χ2v) is 8.01. The molecule has 0 saturated heterocycles. The molecule has 0 aliphatic carbocycles. The van der Waals surface area contributed by atoms with Gasteiger partial charge in [0, 0.05) is 20.1 Å². The number of phenols is 1. The van der Waals surface area contributed by atoms with E-state index in [0.29, 0.717) is 25.4 Å². The van der Waals surface area contributed by atoms with Crippen molar-refractivity contribution in [2.45, 2.75) is 19.4 Å². The Morgan fingerprint density at radius 2 is 2.07 bits per heavy atom. The molecule has 2 amide bonds. The van der Waals surface area contributed by atoms with Gasteiger partial charge in [0.05, 0.1) is 6.04 Å². The van der Waals surface area contributed by atoms with E-state index in [2.05, 4.69) is 12.2 Å². The maximum atomic E-state index is 13.8. The van der Waals surface area contributed by atoms with Crippen LogP contribution in [0, 0.1) is 11.7 Å². The first-order chi connectivity index (χ1) is 14.4. The number of nitrogens with one attached hydrogen (secondary N) is 1. The number of nitrogens with zero attached hydrogens (tertiary/aromatic N) is 2. The number of halogens is 1. The lowest BCUT2D eigenvalue weighted by molar-refractivity contribution is 0.145. The Hall–Kier alpha value is -2.86. The summed E-state index contributed by atoms with van der Waals surface area (Å²) in [6.45, 7) is 4.10.